The molecule has 1 N–H and O–H groups in total. The van der Waals surface area contributed by atoms with Crippen LogP contribution in [-0.2, 0) is 19.9 Å². The highest BCUT2D eigenvalue weighted by Crippen LogP contribution is 2.24. The molecule has 2 rings (SSSR count). The first kappa shape index (κ1) is 12.6. The molecule has 2 heterocycles. The van der Waals surface area contributed by atoms with Crippen LogP contribution in [0.2, 0.25) is 0 Å². The van der Waals surface area contributed by atoms with Gasteiger partial charge in [0.15, 0.2) is 0 Å². The van der Waals surface area contributed by atoms with Crippen LogP contribution in [0.3, 0.4) is 0 Å². The van der Waals surface area contributed by atoms with Crippen molar-refractivity contribution in [2.75, 3.05) is 20.1 Å². The van der Waals surface area contributed by atoms with Crippen molar-refractivity contribution in [3.05, 3.63) is 17.5 Å². The zero-order valence-electron chi connectivity index (χ0n) is 11.1. The second-order valence-electron chi connectivity index (χ2n) is 5.35. The number of aliphatic hydroxyl groups is 1. The summed E-state index contributed by atoms with van der Waals surface area (Å²) in [7, 11) is 4.04. The first-order valence-corrected chi connectivity index (χ1v) is 6.45. The molecular formula is C13H23N3O. The minimum atomic E-state index is -0.578. The van der Waals surface area contributed by atoms with E-state index >= 15 is 0 Å². The van der Waals surface area contributed by atoms with Crippen LogP contribution in [0, 0.1) is 0 Å². The van der Waals surface area contributed by atoms with E-state index in [0.29, 0.717) is 6.42 Å². The first-order chi connectivity index (χ1) is 8.02. The summed E-state index contributed by atoms with van der Waals surface area (Å²) in [6.07, 6.45) is 3.63. The van der Waals surface area contributed by atoms with Gasteiger partial charge in [0.05, 0.1) is 11.3 Å². The maximum atomic E-state index is 10.6. The summed E-state index contributed by atoms with van der Waals surface area (Å²) in [5.41, 5.74) is 1.67. The zero-order chi connectivity index (χ0) is 12.5. The SMILES string of the molecule is CCc1cc(CC2(O)CCCN(C)C2)n(C)n1. The molecule has 1 aromatic rings. The molecule has 1 aliphatic rings. The number of hydrogen-bond donors (Lipinski definition) is 1. The Hall–Kier alpha value is -0.870. The highest BCUT2D eigenvalue weighted by Gasteiger charge is 2.32. The molecule has 1 fully saturated rings. The van der Waals surface area contributed by atoms with E-state index < -0.39 is 5.60 Å². The second kappa shape index (κ2) is 4.78. The van der Waals surface area contributed by atoms with Gasteiger partial charge in [-0.1, -0.05) is 6.92 Å². The number of likely N-dealkylation sites (tertiary alicyclic amines) is 1. The Morgan fingerprint density at radius 2 is 2.24 bits per heavy atom. The fourth-order valence-electron chi connectivity index (χ4n) is 2.73. The van der Waals surface area contributed by atoms with Crippen molar-refractivity contribution in [1.82, 2.24) is 14.7 Å². The number of aryl methyl sites for hydroxylation is 2. The highest BCUT2D eigenvalue weighted by molar-refractivity contribution is 5.13. The van der Waals surface area contributed by atoms with Crippen LogP contribution in [-0.4, -0.2) is 45.5 Å². The van der Waals surface area contributed by atoms with Crippen LogP contribution in [0.25, 0.3) is 0 Å². The monoisotopic (exact) mass is 237 g/mol. The Morgan fingerprint density at radius 1 is 1.47 bits per heavy atom. The van der Waals surface area contributed by atoms with Crippen molar-refractivity contribution < 1.29 is 5.11 Å². The fourth-order valence-corrected chi connectivity index (χ4v) is 2.73. The van der Waals surface area contributed by atoms with Crippen LogP contribution in [0.15, 0.2) is 6.07 Å². The molecule has 0 bridgehead atoms. The number of hydrogen-bond acceptors (Lipinski definition) is 3. The van der Waals surface area contributed by atoms with E-state index in [2.05, 4.69) is 30.0 Å². The third kappa shape index (κ3) is 2.87. The van der Waals surface area contributed by atoms with Gasteiger partial charge < -0.3 is 10.0 Å². The molecule has 1 saturated heterocycles. The first-order valence-electron chi connectivity index (χ1n) is 6.45. The van der Waals surface area contributed by atoms with Gasteiger partial charge in [-0.05, 0) is 38.9 Å². The van der Waals surface area contributed by atoms with Gasteiger partial charge in [0.25, 0.3) is 0 Å². The Kier molecular flexibility index (Phi) is 3.54. The summed E-state index contributed by atoms with van der Waals surface area (Å²) in [5.74, 6) is 0. The Balaban J connectivity index is 2.10. The van der Waals surface area contributed by atoms with Crippen molar-refractivity contribution in [2.45, 2.75) is 38.2 Å². The summed E-state index contributed by atoms with van der Waals surface area (Å²) < 4.78 is 1.91. The second-order valence-corrected chi connectivity index (χ2v) is 5.35. The van der Waals surface area contributed by atoms with Gasteiger partial charge in [0.2, 0.25) is 0 Å². The fraction of sp³-hybridized carbons (Fsp3) is 0.769. The number of nitrogens with zero attached hydrogens (tertiary/aromatic N) is 3. The van der Waals surface area contributed by atoms with E-state index in [1.54, 1.807) is 0 Å². The smallest absolute Gasteiger partial charge is 0.0829 e. The van der Waals surface area contributed by atoms with Gasteiger partial charge in [-0.25, -0.2) is 0 Å². The Bertz CT molecular complexity index is 388. The molecule has 0 spiro atoms. The minimum Gasteiger partial charge on any atom is -0.388 e. The summed E-state index contributed by atoms with van der Waals surface area (Å²) in [5, 5.41) is 15.1. The molecule has 4 heteroatoms. The number of aromatic nitrogens is 2. The summed E-state index contributed by atoms with van der Waals surface area (Å²) >= 11 is 0. The lowest BCUT2D eigenvalue weighted by molar-refractivity contribution is -0.0236. The van der Waals surface area contributed by atoms with Crippen LogP contribution < -0.4 is 0 Å². The van der Waals surface area contributed by atoms with Crippen LogP contribution >= 0.6 is 0 Å². The lowest BCUT2D eigenvalue weighted by atomic mass is 9.88. The van der Waals surface area contributed by atoms with E-state index in [4.69, 9.17) is 0 Å². The van der Waals surface area contributed by atoms with Gasteiger partial charge in [0.1, 0.15) is 0 Å². The number of piperidine rings is 1. The standard InChI is InChI=1S/C13H23N3O/c1-4-11-8-12(16(3)14-11)9-13(17)6-5-7-15(2)10-13/h8,17H,4-7,9-10H2,1-3H3. The molecule has 4 nitrogen and oxygen atoms in total. The maximum Gasteiger partial charge on any atom is 0.0829 e. The third-order valence-corrected chi connectivity index (χ3v) is 3.65. The largest absolute Gasteiger partial charge is 0.388 e. The zero-order valence-corrected chi connectivity index (χ0v) is 11.1. The predicted octanol–water partition coefficient (Wildman–Crippen LogP) is 0.982. The predicted molar refractivity (Wildman–Crippen MR) is 68.0 cm³/mol. The number of β-amino-alcohol motifs (C(OH)–C–C–N with tert-alkyl or cyclic N) is 1. The number of likely N-dealkylation sites (N-methyl/N-ethyl adjacent to an activating group) is 1. The average molecular weight is 237 g/mol. The topological polar surface area (TPSA) is 41.3 Å². The van der Waals surface area contributed by atoms with E-state index in [1.807, 2.05) is 11.7 Å². The lowest BCUT2D eigenvalue weighted by Gasteiger charge is -2.37. The molecule has 0 radical (unpaired) electrons. The third-order valence-electron chi connectivity index (χ3n) is 3.65. The van der Waals surface area contributed by atoms with Gasteiger partial charge in [-0.2, -0.15) is 5.10 Å². The van der Waals surface area contributed by atoms with Crippen LogP contribution in [0.1, 0.15) is 31.2 Å². The molecule has 1 unspecified atom stereocenters. The van der Waals surface area contributed by atoms with Gasteiger partial charge in [-0.3, -0.25) is 4.68 Å². The molecule has 1 aliphatic heterocycles. The molecule has 0 aromatic carbocycles. The van der Waals surface area contributed by atoms with Crippen molar-refractivity contribution in [3.63, 3.8) is 0 Å². The summed E-state index contributed by atoms with van der Waals surface area (Å²) in [6.45, 7) is 3.96. The normalized spacial score (nSPS) is 26.4. The van der Waals surface area contributed by atoms with Crippen LogP contribution in [0.4, 0.5) is 0 Å². The van der Waals surface area contributed by atoms with Gasteiger partial charge >= 0.3 is 0 Å². The summed E-state index contributed by atoms with van der Waals surface area (Å²) in [6, 6.07) is 2.12. The molecule has 1 aromatic heterocycles. The molecule has 0 aliphatic carbocycles. The number of rotatable bonds is 3. The molecule has 1 atom stereocenters. The van der Waals surface area contributed by atoms with Crippen molar-refractivity contribution in [3.8, 4) is 0 Å². The Morgan fingerprint density at radius 3 is 2.82 bits per heavy atom. The summed E-state index contributed by atoms with van der Waals surface area (Å²) in [4.78, 5) is 2.21. The Labute approximate surface area is 103 Å². The maximum absolute atomic E-state index is 10.6. The van der Waals surface area contributed by atoms with Crippen molar-refractivity contribution >= 4 is 0 Å². The minimum absolute atomic E-state index is 0.578. The molecular weight excluding hydrogens is 214 g/mol. The van der Waals surface area contributed by atoms with E-state index in [0.717, 1.165) is 43.7 Å². The van der Waals surface area contributed by atoms with E-state index in [9.17, 15) is 5.11 Å². The van der Waals surface area contributed by atoms with Crippen LogP contribution in [0.5, 0.6) is 0 Å². The quantitative estimate of drug-likeness (QED) is 0.852. The molecule has 96 valence electrons. The highest BCUT2D eigenvalue weighted by atomic mass is 16.3. The van der Waals surface area contributed by atoms with Crippen molar-refractivity contribution in [1.29, 1.82) is 0 Å². The van der Waals surface area contributed by atoms with E-state index in [-0.39, 0.29) is 0 Å². The van der Waals surface area contributed by atoms with Gasteiger partial charge in [0, 0.05) is 25.7 Å². The van der Waals surface area contributed by atoms with E-state index in [1.165, 1.54) is 0 Å². The molecule has 0 saturated carbocycles. The molecule has 0 amide bonds. The lowest BCUT2D eigenvalue weighted by Crippen LogP contribution is -2.48. The molecule has 17 heavy (non-hydrogen) atoms. The van der Waals surface area contributed by atoms with Gasteiger partial charge in [-0.15, -0.1) is 0 Å². The average Bonchev–Trinajstić information content (AvgIpc) is 2.58. The van der Waals surface area contributed by atoms with Crippen molar-refractivity contribution in [2.24, 2.45) is 7.05 Å².